The van der Waals surface area contributed by atoms with Crippen LogP contribution in [0.25, 0.3) is 11.1 Å². The summed E-state index contributed by atoms with van der Waals surface area (Å²) in [6.07, 6.45) is -0.632. The number of nitrogens with two attached hydrogens (primary N) is 1. The summed E-state index contributed by atoms with van der Waals surface area (Å²) in [5.41, 5.74) is 8.91. The van der Waals surface area contributed by atoms with E-state index in [4.69, 9.17) is 15.2 Å². The van der Waals surface area contributed by atoms with Crippen molar-refractivity contribution in [1.29, 1.82) is 0 Å². The Morgan fingerprint density at radius 1 is 1.28 bits per heavy atom. The van der Waals surface area contributed by atoms with Crippen molar-refractivity contribution in [2.45, 2.75) is 13.0 Å². The molecule has 1 saturated heterocycles. The Kier molecular flexibility index (Phi) is 6.03. The van der Waals surface area contributed by atoms with Crippen molar-refractivity contribution in [2.75, 3.05) is 46.6 Å². The molecule has 1 aliphatic rings. The summed E-state index contributed by atoms with van der Waals surface area (Å²) in [5, 5.41) is 0. The molecule has 154 valence electrons. The lowest BCUT2D eigenvalue weighted by atomic mass is 10.0. The zero-order valence-electron chi connectivity index (χ0n) is 17.1. The number of carbonyl (C=O) groups is 2. The standard InChI is InChI=1S/C21H26N4O4/c1-13-17(28-4)11-16(19(22)23-13)14-5-7-15(8-6-14)20(26)25-9-10-29-18(12-25)21(27)24(2)3/h5-8,11,18H,9-10,12H2,1-4H3,(H2,22,23). The fraction of sp³-hybridized carbons (Fsp3) is 0.381. The topological polar surface area (TPSA) is 98.0 Å². The second-order valence-electron chi connectivity index (χ2n) is 7.13. The predicted molar refractivity (Wildman–Crippen MR) is 110 cm³/mol. The Morgan fingerprint density at radius 3 is 2.59 bits per heavy atom. The van der Waals surface area contributed by atoms with Crippen LogP contribution in [0.5, 0.6) is 5.75 Å². The highest BCUT2D eigenvalue weighted by molar-refractivity contribution is 5.95. The van der Waals surface area contributed by atoms with Gasteiger partial charge in [0.1, 0.15) is 11.6 Å². The fourth-order valence-electron chi connectivity index (χ4n) is 3.29. The van der Waals surface area contributed by atoms with E-state index >= 15 is 0 Å². The number of amides is 2. The van der Waals surface area contributed by atoms with Gasteiger partial charge in [0.25, 0.3) is 11.8 Å². The number of methoxy groups -OCH3 is 1. The highest BCUT2D eigenvalue weighted by Crippen LogP contribution is 2.30. The van der Waals surface area contributed by atoms with Gasteiger partial charge >= 0.3 is 0 Å². The molecule has 8 heteroatoms. The lowest BCUT2D eigenvalue weighted by Crippen LogP contribution is -2.51. The van der Waals surface area contributed by atoms with Crippen LogP contribution >= 0.6 is 0 Å². The zero-order valence-corrected chi connectivity index (χ0v) is 17.1. The molecule has 0 aliphatic carbocycles. The molecule has 1 aromatic heterocycles. The Balaban J connectivity index is 1.78. The van der Waals surface area contributed by atoms with Gasteiger partial charge in [-0.25, -0.2) is 4.98 Å². The van der Waals surface area contributed by atoms with Gasteiger partial charge in [-0.3, -0.25) is 9.59 Å². The number of likely N-dealkylation sites (N-methyl/N-ethyl adjacent to an activating group) is 1. The van der Waals surface area contributed by atoms with Crippen LogP contribution in [-0.2, 0) is 9.53 Å². The number of hydrogen-bond acceptors (Lipinski definition) is 6. The lowest BCUT2D eigenvalue weighted by Gasteiger charge is -2.33. The Labute approximate surface area is 170 Å². The molecule has 1 aliphatic heterocycles. The van der Waals surface area contributed by atoms with Gasteiger partial charge < -0.3 is 25.0 Å². The summed E-state index contributed by atoms with van der Waals surface area (Å²) in [6, 6.07) is 9.01. The molecular formula is C21H26N4O4. The van der Waals surface area contributed by atoms with Gasteiger partial charge in [-0.2, -0.15) is 0 Å². The Bertz CT molecular complexity index is 912. The van der Waals surface area contributed by atoms with Gasteiger partial charge in [0.15, 0.2) is 6.10 Å². The normalized spacial score (nSPS) is 16.4. The van der Waals surface area contributed by atoms with Crippen molar-refractivity contribution in [2.24, 2.45) is 0 Å². The van der Waals surface area contributed by atoms with Crippen molar-refractivity contribution in [1.82, 2.24) is 14.8 Å². The van der Waals surface area contributed by atoms with Gasteiger partial charge in [-0.1, -0.05) is 12.1 Å². The highest BCUT2D eigenvalue weighted by Gasteiger charge is 2.30. The van der Waals surface area contributed by atoms with Gasteiger partial charge in [-0.05, 0) is 30.7 Å². The Hall–Kier alpha value is -3.13. The number of benzene rings is 1. The molecule has 1 unspecified atom stereocenters. The smallest absolute Gasteiger partial charge is 0.254 e. The number of nitrogen functional groups attached to an aromatic ring is 1. The van der Waals surface area contributed by atoms with Crippen LogP contribution in [0.4, 0.5) is 5.82 Å². The first kappa shape index (κ1) is 20.6. The van der Waals surface area contributed by atoms with Crippen LogP contribution in [0.1, 0.15) is 16.1 Å². The lowest BCUT2D eigenvalue weighted by molar-refractivity contribution is -0.145. The number of nitrogens with zero attached hydrogens (tertiary/aromatic N) is 3. The van der Waals surface area contributed by atoms with E-state index in [1.54, 1.807) is 38.2 Å². The van der Waals surface area contributed by atoms with Crippen molar-refractivity contribution in [3.63, 3.8) is 0 Å². The molecule has 8 nitrogen and oxygen atoms in total. The average molecular weight is 398 g/mol. The van der Waals surface area contributed by atoms with E-state index in [0.717, 1.165) is 16.8 Å². The van der Waals surface area contributed by atoms with Gasteiger partial charge in [-0.15, -0.1) is 0 Å². The maximum atomic E-state index is 12.9. The number of anilines is 1. The maximum Gasteiger partial charge on any atom is 0.254 e. The number of carbonyl (C=O) groups excluding carboxylic acids is 2. The molecule has 29 heavy (non-hydrogen) atoms. The third kappa shape index (κ3) is 4.32. The summed E-state index contributed by atoms with van der Waals surface area (Å²) in [4.78, 5) is 32.5. The van der Waals surface area contributed by atoms with Crippen LogP contribution in [-0.4, -0.2) is 73.6 Å². The average Bonchev–Trinajstić information content (AvgIpc) is 2.73. The van der Waals surface area contributed by atoms with Crippen LogP contribution in [0.15, 0.2) is 30.3 Å². The molecule has 1 aromatic carbocycles. The molecule has 1 fully saturated rings. The van der Waals surface area contributed by atoms with Crippen LogP contribution in [0.2, 0.25) is 0 Å². The molecule has 2 N–H and O–H groups in total. The predicted octanol–water partition coefficient (Wildman–Crippen LogP) is 1.58. The van der Waals surface area contributed by atoms with E-state index in [0.29, 0.717) is 30.3 Å². The maximum absolute atomic E-state index is 12.9. The largest absolute Gasteiger partial charge is 0.495 e. The highest BCUT2D eigenvalue weighted by atomic mass is 16.5. The number of aryl methyl sites for hydroxylation is 1. The van der Waals surface area contributed by atoms with E-state index in [1.165, 1.54) is 4.90 Å². The van der Waals surface area contributed by atoms with E-state index in [-0.39, 0.29) is 18.4 Å². The third-order valence-corrected chi connectivity index (χ3v) is 4.93. The SMILES string of the molecule is COc1cc(-c2ccc(C(=O)N3CCOC(C(=O)N(C)C)C3)cc2)c(N)nc1C. The van der Waals surface area contributed by atoms with Crippen molar-refractivity contribution in [3.05, 3.63) is 41.6 Å². The minimum absolute atomic E-state index is 0.135. The van der Waals surface area contributed by atoms with Gasteiger partial charge in [0.2, 0.25) is 0 Å². The minimum atomic E-state index is -0.632. The number of hydrogen-bond donors (Lipinski definition) is 1. The molecule has 2 heterocycles. The molecule has 1 atom stereocenters. The van der Waals surface area contributed by atoms with Crippen LogP contribution in [0.3, 0.4) is 0 Å². The summed E-state index contributed by atoms with van der Waals surface area (Å²) in [7, 11) is 4.93. The molecule has 2 aromatic rings. The number of aromatic nitrogens is 1. The molecule has 0 spiro atoms. The minimum Gasteiger partial charge on any atom is -0.495 e. The van der Waals surface area contributed by atoms with Crippen molar-refractivity contribution in [3.8, 4) is 16.9 Å². The number of morpholine rings is 1. The second kappa shape index (κ2) is 8.48. The fourth-order valence-corrected chi connectivity index (χ4v) is 3.29. The third-order valence-electron chi connectivity index (χ3n) is 4.93. The van der Waals surface area contributed by atoms with Crippen molar-refractivity contribution < 1.29 is 19.1 Å². The van der Waals surface area contributed by atoms with E-state index < -0.39 is 6.10 Å². The molecule has 0 bridgehead atoms. The van der Waals surface area contributed by atoms with E-state index in [9.17, 15) is 9.59 Å². The first-order valence-corrected chi connectivity index (χ1v) is 9.35. The summed E-state index contributed by atoms with van der Waals surface area (Å²) >= 11 is 0. The molecule has 2 amide bonds. The molecule has 0 radical (unpaired) electrons. The molecular weight excluding hydrogens is 372 g/mol. The quantitative estimate of drug-likeness (QED) is 0.840. The summed E-state index contributed by atoms with van der Waals surface area (Å²) in [6.45, 7) is 2.85. The Morgan fingerprint density at radius 2 is 1.97 bits per heavy atom. The van der Waals surface area contributed by atoms with Gasteiger partial charge in [0.05, 0.1) is 26.0 Å². The number of rotatable bonds is 4. The first-order valence-electron chi connectivity index (χ1n) is 9.35. The summed E-state index contributed by atoms with van der Waals surface area (Å²) in [5.74, 6) is 0.776. The number of pyridine rings is 1. The van der Waals surface area contributed by atoms with Crippen LogP contribution in [0, 0.1) is 6.92 Å². The molecule has 0 saturated carbocycles. The second-order valence-corrected chi connectivity index (χ2v) is 7.13. The molecule has 3 rings (SSSR count). The monoisotopic (exact) mass is 398 g/mol. The zero-order chi connectivity index (χ0) is 21.1. The number of ether oxygens (including phenoxy) is 2. The van der Waals surface area contributed by atoms with E-state index in [2.05, 4.69) is 4.98 Å². The van der Waals surface area contributed by atoms with Crippen LogP contribution < -0.4 is 10.5 Å². The van der Waals surface area contributed by atoms with E-state index in [1.807, 2.05) is 25.1 Å². The first-order chi connectivity index (χ1) is 13.8. The van der Waals surface area contributed by atoms with Crippen molar-refractivity contribution >= 4 is 17.6 Å². The summed E-state index contributed by atoms with van der Waals surface area (Å²) < 4.78 is 10.8. The van der Waals surface area contributed by atoms with Gasteiger partial charge in [0, 0.05) is 31.8 Å².